The Morgan fingerprint density at radius 1 is 1.33 bits per heavy atom. The number of nitrogens with zero attached hydrogens (tertiary/aromatic N) is 5. The van der Waals surface area contributed by atoms with E-state index < -0.39 is 0 Å². The fraction of sp³-hybridized carbons (Fsp3) is 0.529. The smallest absolute Gasteiger partial charge is 0.261 e. The first-order valence-electron chi connectivity index (χ1n) is 8.43. The van der Waals surface area contributed by atoms with Crippen molar-refractivity contribution in [2.45, 2.75) is 45.3 Å². The Morgan fingerprint density at radius 2 is 2.17 bits per heavy atom. The van der Waals surface area contributed by atoms with Crippen molar-refractivity contribution in [1.29, 1.82) is 0 Å². The molecule has 0 aromatic carbocycles. The highest BCUT2D eigenvalue weighted by atomic mass is 16.5. The second kappa shape index (κ2) is 5.98. The quantitative estimate of drug-likeness (QED) is 0.738. The number of ether oxygens (including phenoxy) is 1. The molecule has 0 saturated heterocycles. The van der Waals surface area contributed by atoms with Crippen molar-refractivity contribution in [3.63, 3.8) is 0 Å². The lowest BCUT2D eigenvalue weighted by molar-refractivity contribution is 0.178. The molecular formula is C17H21N5O2. The molecule has 1 aliphatic rings. The zero-order valence-corrected chi connectivity index (χ0v) is 14.0. The van der Waals surface area contributed by atoms with Crippen molar-refractivity contribution >= 4 is 16.7 Å². The maximum Gasteiger partial charge on any atom is 0.261 e. The van der Waals surface area contributed by atoms with Crippen LogP contribution >= 0.6 is 0 Å². The molecule has 126 valence electrons. The van der Waals surface area contributed by atoms with Gasteiger partial charge in [0.05, 0.1) is 10.9 Å². The summed E-state index contributed by atoms with van der Waals surface area (Å²) in [4.78, 5) is 21.6. The van der Waals surface area contributed by atoms with Gasteiger partial charge in [-0.1, -0.05) is 19.8 Å². The predicted molar refractivity (Wildman–Crippen MR) is 89.9 cm³/mol. The summed E-state index contributed by atoms with van der Waals surface area (Å²) in [6, 6.07) is 2.21. The van der Waals surface area contributed by atoms with Crippen LogP contribution in [0.4, 0.5) is 0 Å². The number of aromatic nitrogens is 5. The minimum absolute atomic E-state index is 0.00411. The molecule has 2 atom stereocenters. The van der Waals surface area contributed by atoms with Crippen LogP contribution < -0.4 is 5.56 Å². The Morgan fingerprint density at radius 3 is 2.96 bits per heavy atom. The topological polar surface area (TPSA) is 74.3 Å². The molecule has 0 N–H and O–H groups in total. The van der Waals surface area contributed by atoms with Crippen molar-refractivity contribution in [3.05, 3.63) is 34.6 Å². The number of hydrogen-bond donors (Lipinski definition) is 0. The van der Waals surface area contributed by atoms with Gasteiger partial charge in [0.1, 0.15) is 6.61 Å². The van der Waals surface area contributed by atoms with Crippen LogP contribution in [-0.4, -0.2) is 31.3 Å². The summed E-state index contributed by atoms with van der Waals surface area (Å²) in [7, 11) is 1.60. The summed E-state index contributed by atoms with van der Waals surface area (Å²) in [6.45, 7) is 2.55. The number of methoxy groups -OCH3 is 1. The van der Waals surface area contributed by atoms with Gasteiger partial charge in [-0.2, -0.15) is 9.50 Å². The zero-order valence-electron chi connectivity index (χ0n) is 14.0. The van der Waals surface area contributed by atoms with Gasteiger partial charge in [-0.3, -0.25) is 4.79 Å². The van der Waals surface area contributed by atoms with Gasteiger partial charge in [-0.05, 0) is 24.8 Å². The van der Waals surface area contributed by atoms with Crippen molar-refractivity contribution in [1.82, 2.24) is 24.1 Å². The number of pyridine rings is 1. The molecule has 0 aliphatic heterocycles. The summed E-state index contributed by atoms with van der Waals surface area (Å²) in [6.07, 6.45) is 8.18. The lowest BCUT2D eigenvalue weighted by Gasteiger charge is -2.30. The fourth-order valence-electron chi connectivity index (χ4n) is 3.74. The van der Waals surface area contributed by atoms with E-state index in [1.54, 1.807) is 17.8 Å². The molecule has 3 aromatic heterocycles. The second-order valence-corrected chi connectivity index (χ2v) is 6.59. The number of rotatable bonds is 3. The van der Waals surface area contributed by atoms with Crippen LogP contribution in [0.2, 0.25) is 0 Å². The zero-order chi connectivity index (χ0) is 16.7. The molecule has 0 spiro atoms. The Kier molecular flexibility index (Phi) is 3.80. The lowest BCUT2D eigenvalue weighted by atomic mass is 9.85. The monoisotopic (exact) mass is 327 g/mol. The molecule has 2 unspecified atom stereocenters. The minimum atomic E-state index is 0.00411. The molecule has 3 heterocycles. The van der Waals surface area contributed by atoms with Crippen molar-refractivity contribution in [2.24, 2.45) is 5.92 Å². The van der Waals surface area contributed by atoms with Crippen molar-refractivity contribution in [3.8, 4) is 0 Å². The molecule has 1 saturated carbocycles. The fourth-order valence-corrected chi connectivity index (χ4v) is 3.74. The highest BCUT2D eigenvalue weighted by Crippen LogP contribution is 2.32. The van der Waals surface area contributed by atoms with Crippen LogP contribution in [0.5, 0.6) is 0 Å². The Hall–Kier alpha value is -2.28. The number of fused-ring (bicyclic) bond motifs is 3. The van der Waals surface area contributed by atoms with Gasteiger partial charge >= 0.3 is 0 Å². The van der Waals surface area contributed by atoms with Crippen LogP contribution in [0.15, 0.2) is 23.3 Å². The maximum atomic E-state index is 13.0. The maximum absolute atomic E-state index is 13.0. The molecule has 3 aromatic rings. The van der Waals surface area contributed by atoms with E-state index >= 15 is 0 Å². The average molecular weight is 327 g/mol. The summed E-state index contributed by atoms with van der Waals surface area (Å²) >= 11 is 0. The van der Waals surface area contributed by atoms with Crippen molar-refractivity contribution < 1.29 is 4.74 Å². The number of hydrogen-bond acceptors (Lipinski definition) is 5. The SMILES string of the molecule is COCc1nc2ncc3c(=O)n(C4CCCCC4C)ccc3n2n1. The van der Waals surface area contributed by atoms with Crippen LogP contribution in [0.3, 0.4) is 0 Å². The lowest BCUT2D eigenvalue weighted by Crippen LogP contribution is -2.30. The molecule has 0 amide bonds. The van der Waals surface area contributed by atoms with E-state index in [9.17, 15) is 4.79 Å². The minimum Gasteiger partial charge on any atom is -0.377 e. The molecule has 1 aliphatic carbocycles. The van der Waals surface area contributed by atoms with E-state index in [0.29, 0.717) is 29.5 Å². The molecule has 7 nitrogen and oxygen atoms in total. The van der Waals surface area contributed by atoms with Gasteiger partial charge in [-0.15, -0.1) is 5.10 Å². The van der Waals surface area contributed by atoms with Crippen LogP contribution in [0.25, 0.3) is 16.7 Å². The van der Waals surface area contributed by atoms with E-state index in [0.717, 1.165) is 11.9 Å². The summed E-state index contributed by atoms with van der Waals surface area (Å²) in [5.74, 6) is 1.56. The molecule has 1 fully saturated rings. The molecule has 0 radical (unpaired) electrons. The molecule has 24 heavy (non-hydrogen) atoms. The first-order chi connectivity index (χ1) is 11.7. The molecule has 7 heteroatoms. The highest BCUT2D eigenvalue weighted by molar-refractivity contribution is 5.78. The van der Waals surface area contributed by atoms with Gasteiger partial charge in [0.25, 0.3) is 11.3 Å². The van der Waals surface area contributed by atoms with Gasteiger partial charge in [0, 0.05) is 25.5 Å². The molecule has 4 rings (SSSR count). The summed E-state index contributed by atoms with van der Waals surface area (Å²) in [5.41, 5.74) is 0.740. The van der Waals surface area contributed by atoms with E-state index in [2.05, 4.69) is 22.0 Å². The van der Waals surface area contributed by atoms with Gasteiger partial charge in [-0.25, -0.2) is 4.98 Å². The van der Waals surface area contributed by atoms with Crippen LogP contribution in [0, 0.1) is 5.92 Å². The Balaban J connectivity index is 1.87. The third-order valence-corrected chi connectivity index (χ3v) is 5.00. The largest absolute Gasteiger partial charge is 0.377 e. The average Bonchev–Trinajstić information content (AvgIpc) is 2.99. The van der Waals surface area contributed by atoms with E-state index in [4.69, 9.17) is 4.74 Å². The Labute approximate surface area is 139 Å². The molecular weight excluding hydrogens is 306 g/mol. The summed E-state index contributed by atoms with van der Waals surface area (Å²) in [5, 5.41) is 4.98. The second-order valence-electron chi connectivity index (χ2n) is 6.59. The highest BCUT2D eigenvalue weighted by Gasteiger charge is 2.24. The third kappa shape index (κ3) is 2.39. The van der Waals surface area contributed by atoms with E-state index in [1.165, 1.54) is 19.3 Å². The first kappa shape index (κ1) is 15.3. The van der Waals surface area contributed by atoms with Crippen molar-refractivity contribution in [2.75, 3.05) is 7.11 Å². The van der Waals surface area contributed by atoms with Gasteiger partial charge in [0.2, 0.25) is 0 Å². The third-order valence-electron chi connectivity index (χ3n) is 5.00. The first-order valence-corrected chi connectivity index (χ1v) is 8.43. The molecule has 0 bridgehead atoms. The normalized spacial score (nSPS) is 21.6. The standard InChI is InChI=1S/C17H21N5O2/c1-11-5-3-4-6-13(11)21-8-7-14-12(16(21)23)9-18-17-19-15(10-24-2)20-22(14)17/h7-9,11,13H,3-6,10H2,1-2H3. The predicted octanol–water partition coefficient (Wildman–Crippen LogP) is 2.34. The van der Waals surface area contributed by atoms with Gasteiger partial charge in [0.15, 0.2) is 5.82 Å². The van der Waals surface area contributed by atoms with Crippen LogP contribution in [-0.2, 0) is 11.3 Å². The van der Waals surface area contributed by atoms with E-state index in [1.807, 2.05) is 16.8 Å². The Bertz CT molecular complexity index is 945. The van der Waals surface area contributed by atoms with Crippen LogP contribution in [0.1, 0.15) is 44.5 Å². The summed E-state index contributed by atoms with van der Waals surface area (Å²) < 4.78 is 8.58. The van der Waals surface area contributed by atoms with Gasteiger partial charge < -0.3 is 9.30 Å². The van der Waals surface area contributed by atoms with E-state index in [-0.39, 0.29) is 11.6 Å².